The summed E-state index contributed by atoms with van der Waals surface area (Å²) in [6.07, 6.45) is 1.57. The Morgan fingerprint density at radius 2 is 2.09 bits per heavy atom. The molecule has 1 aromatic carbocycles. The lowest BCUT2D eigenvalue weighted by atomic mass is 10.0. The monoisotopic (exact) mass is 471 g/mol. The number of amides is 2. The number of nitrogens with one attached hydrogen (secondary N) is 1. The van der Waals surface area contributed by atoms with E-state index in [1.54, 1.807) is 19.3 Å². The first-order chi connectivity index (χ1) is 15.5. The third-order valence-electron chi connectivity index (χ3n) is 4.63. The Bertz CT molecular complexity index is 1110. The molecule has 166 valence electrons. The Labute approximate surface area is 192 Å². The fourth-order valence-corrected chi connectivity index (χ4v) is 4.72. The van der Waals surface area contributed by atoms with E-state index in [2.05, 4.69) is 20.6 Å². The zero-order chi connectivity index (χ0) is 22.5. The topological polar surface area (TPSA) is 110 Å². The lowest BCUT2D eigenvalue weighted by Gasteiger charge is -2.19. The summed E-state index contributed by atoms with van der Waals surface area (Å²) in [5, 5.41) is 16.8. The maximum atomic E-state index is 13.0. The van der Waals surface area contributed by atoms with Gasteiger partial charge in [0.2, 0.25) is 5.13 Å². The van der Waals surface area contributed by atoms with Crippen LogP contribution in [-0.4, -0.2) is 45.3 Å². The average molecular weight is 472 g/mol. The van der Waals surface area contributed by atoms with Gasteiger partial charge in [0, 0.05) is 6.42 Å². The molecule has 1 atom stereocenters. The molecule has 0 aliphatic carbocycles. The molecule has 0 saturated carbocycles. The van der Waals surface area contributed by atoms with E-state index in [-0.39, 0.29) is 24.3 Å². The molecule has 2 aromatic heterocycles. The number of hydrogen-bond acceptors (Lipinski definition) is 9. The van der Waals surface area contributed by atoms with Crippen LogP contribution in [0.2, 0.25) is 0 Å². The Morgan fingerprint density at radius 1 is 1.28 bits per heavy atom. The minimum absolute atomic E-state index is 0.121. The molecule has 0 spiro atoms. The van der Waals surface area contributed by atoms with Crippen molar-refractivity contribution in [2.45, 2.75) is 30.6 Å². The van der Waals surface area contributed by atoms with E-state index >= 15 is 0 Å². The number of carbonyl (C=O) groups is 2. The Hall–Kier alpha value is -3.18. The number of rotatable bonds is 7. The molecule has 0 saturated heterocycles. The van der Waals surface area contributed by atoms with Gasteiger partial charge in [0.25, 0.3) is 5.91 Å². The number of ether oxygens (including phenoxy) is 1. The van der Waals surface area contributed by atoms with E-state index in [9.17, 15) is 9.59 Å². The van der Waals surface area contributed by atoms with E-state index in [1.807, 2.05) is 37.3 Å². The highest BCUT2D eigenvalue weighted by atomic mass is 32.2. The van der Waals surface area contributed by atoms with Crippen LogP contribution in [0, 0.1) is 6.92 Å². The van der Waals surface area contributed by atoms with Crippen molar-refractivity contribution in [2.24, 2.45) is 5.10 Å². The van der Waals surface area contributed by atoms with Gasteiger partial charge in [-0.1, -0.05) is 52.9 Å². The smallest absolute Gasteiger partial charge is 0.413 e. The highest BCUT2D eigenvalue weighted by Crippen LogP contribution is 2.34. The molecule has 2 amide bonds. The zero-order valence-electron chi connectivity index (χ0n) is 17.5. The Kier molecular flexibility index (Phi) is 6.86. The third-order valence-corrected chi connectivity index (χ3v) is 6.59. The van der Waals surface area contributed by atoms with Crippen molar-refractivity contribution in [1.82, 2.24) is 15.2 Å². The number of benzene rings is 1. The zero-order valence-corrected chi connectivity index (χ0v) is 19.1. The summed E-state index contributed by atoms with van der Waals surface area (Å²) in [7, 11) is 0. The van der Waals surface area contributed by atoms with E-state index in [1.165, 1.54) is 28.1 Å². The van der Waals surface area contributed by atoms with Crippen molar-refractivity contribution in [1.29, 1.82) is 0 Å². The van der Waals surface area contributed by atoms with Crippen molar-refractivity contribution in [3.05, 3.63) is 59.5 Å². The Morgan fingerprint density at radius 3 is 2.81 bits per heavy atom. The van der Waals surface area contributed by atoms with Crippen LogP contribution in [0.3, 0.4) is 0 Å². The molecule has 32 heavy (non-hydrogen) atoms. The van der Waals surface area contributed by atoms with Crippen molar-refractivity contribution in [2.75, 3.05) is 17.7 Å². The van der Waals surface area contributed by atoms with Crippen molar-refractivity contribution < 1.29 is 18.7 Å². The van der Waals surface area contributed by atoms with Gasteiger partial charge in [-0.15, -0.1) is 10.2 Å². The number of anilines is 1. The summed E-state index contributed by atoms with van der Waals surface area (Å²) in [4.78, 5) is 24.5. The summed E-state index contributed by atoms with van der Waals surface area (Å²) in [5.74, 6) is 0.635. The normalized spacial score (nSPS) is 15.5. The fraction of sp³-hybridized carbons (Fsp3) is 0.286. The van der Waals surface area contributed by atoms with Gasteiger partial charge >= 0.3 is 6.09 Å². The second-order valence-electron chi connectivity index (χ2n) is 6.89. The van der Waals surface area contributed by atoms with E-state index in [4.69, 9.17) is 9.15 Å². The second-order valence-corrected chi connectivity index (χ2v) is 9.09. The SMILES string of the molecule is CCOC(=O)Nc1nnc(SCC(=O)N2N=C(c3ccc(C)cc3)CC2c2ccco2)s1. The number of hydrogen-bond donors (Lipinski definition) is 1. The number of thioether (sulfide) groups is 1. The quantitative estimate of drug-likeness (QED) is 0.400. The summed E-state index contributed by atoms with van der Waals surface area (Å²) >= 11 is 2.41. The molecule has 4 rings (SSSR count). The van der Waals surface area contributed by atoms with Crippen LogP contribution in [-0.2, 0) is 9.53 Å². The van der Waals surface area contributed by atoms with E-state index in [0.717, 1.165) is 16.8 Å². The molecule has 0 fully saturated rings. The molecule has 1 unspecified atom stereocenters. The number of nitrogens with zero attached hydrogens (tertiary/aromatic N) is 4. The molecule has 1 aliphatic heterocycles. The molecule has 0 radical (unpaired) electrons. The molecule has 1 N–H and O–H groups in total. The van der Waals surface area contributed by atoms with Crippen molar-refractivity contribution >= 4 is 45.9 Å². The van der Waals surface area contributed by atoms with Gasteiger partial charge in [0.15, 0.2) is 4.34 Å². The number of carbonyl (C=O) groups excluding carboxylic acids is 2. The summed E-state index contributed by atoms with van der Waals surface area (Å²) in [6, 6.07) is 11.4. The van der Waals surface area contributed by atoms with Crippen LogP contribution in [0.4, 0.5) is 9.93 Å². The van der Waals surface area contributed by atoms with Crippen LogP contribution in [0.25, 0.3) is 0 Å². The molecule has 0 bridgehead atoms. The number of hydrazone groups is 1. The van der Waals surface area contributed by atoms with Crippen molar-refractivity contribution in [3.63, 3.8) is 0 Å². The van der Waals surface area contributed by atoms with Gasteiger partial charge in [-0.25, -0.2) is 9.80 Å². The maximum absolute atomic E-state index is 13.0. The van der Waals surface area contributed by atoms with Crippen molar-refractivity contribution in [3.8, 4) is 0 Å². The van der Waals surface area contributed by atoms with Crippen LogP contribution in [0.15, 0.2) is 56.5 Å². The molecule has 11 heteroatoms. The first-order valence-electron chi connectivity index (χ1n) is 9.93. The number of aromatic nitrogens is 2. The predicted molar refractivity (Wildman–Crippen MR) is 122 cm³/mol. The van der Waals surface area contributed by atoms with Gasteiger partial charge in [-0.05, 0) is 31.5 Å². The molecular formula is C21H21N5O4S2. The number of furan rings is 1. The van der Waals surface area contributed by atoms with E-state index in [0.29, 0.717) is 21.7 Å². The Balaban J connectivity index is 1.45. The van der Waals surface area contributed by atoms with Gasteiger partial charge in [0.1, 0.15) is 11.8 Å². The number of aryl methyl sites for hydroxylation is 1. The van der Waals surface area contributed by atoms with Gasteiger partial charge in [-0.3, -0.25) is 10.1 Å². The fourth-order valence-electron chi connectivity index (χ4n) is 3.13. The van der Waals surface area contributed by atoms with E-state index < -0.39 is 6.09 Å². The molecular weight excluding hydrogens is 450 g/mol. The lowest BCUT2D eigenvalue weighted by Crippen LogP contribution is -2.28. The lowest BCUT2D eigenvalue weighted by molar-refractivity contribution is -0.130. The van der Waals surface area contributed by atoms with Gasteiger partial charge < -0.3 is 9.15 Å². The standard InChI is InChI=1S/C21H21N5O4S2/c1-3-29-20(28)22-19-23-24-21(32-19)31-12-18(27)26-16(17-5-4-10-30-17)11-15(25-26)14-8-6-13(2)7-9-14/h4-10,16H,3,11-12H2,1-2H3,(H,22,23,28). The minimum Gasteiger partial charge on any atom is -0.467 e. The predicted octanol–water partition coefficient (Wildman–Crippen LogP) is 4.48. The second kappa shape index (κ2) is 9.96. The average Bonchev–Trinajstić information content (AvgIpc) is 3.53. The van der Waals surface area contributed by atoms with Crippen LogP contribution < -0.4 is 5.32 Å². The highest BCUT2D eigenvalue weighted by molar-refractivity contribution is 8.01. The first kappa shape index (κ1) is 22.0. The molecule has 1 aliphatic rings. The summed E-state index contributed by atoms with van der Waals surface area (Å²) < 4.78 is 11.0. The molecule has 3 heterocycles. The summed E-state index contributed by atoms with van der Waals surface area (Å²) in [5.41, 5.74) is 2.98. The van der Waals surface area contributed by atoms with Crippen LogP contribution >= 0.6 is 23.1 Å². The molecule has 3 aromatic rings. The minimum atomic E-state index is -0.590. The maximum Gasteiger partial charge on any atom is 0.413 e. The third kappa shape index (κ3) is 5.17. The highest BCUT2D eigenvalue weighted by Gasteiger charge is 2.34. The van der Waals surface area contributed by atoms with Gasteiger partial charge in [0.05, 0.1) is 24.3 Å². The largest absolute Gasteiger partial charge is 0.467 e. The molecule has 9 nitrogen and oxygen atoms in total. The van der Waals surface area contributed by atoms with Gasteiger partial charge in [-0.2, -0.15) is 5.10 Å². The van der Waals surface area contributed by atoms with Crippen LogP contribution in [0.5, 0.6) is 0 Å². The van der Waals surface area contributed by atoms with Crippen LogP contribution in [0.1, 0.15) is 36.3 Å². The first-order valence-corrected chi connectivity index (χ1v) is 11.7. The summed E-state index contributed by atoms with van der Waals surface area (Å²) in [6.45, 7) is 4.01.